The van der Waals surface area contributed by atoms with Gasteiger partial charge in [0.05, 0.1) is 7.11 Å². The number of ether oxygens (including phenoxy) is 1. The van der Waals surface area contributed by atoms with Crippen LogP contribution in [0.2, 0.25) is 0 Å². The van der Waals surface area contributed by atoms with E-state index in [0.29, 0.717) is 18.4 Å². The second-order valence-corrected chi connectivity index (χ2v) is 7.55. The number of hydrogen-bond donors (Lipinski definition) is 1. The Balaban J connectivity index is 2.13. The van der Waals surface area contributed by atoms with Gasteiger partial charge in [-0.25, -0.2) is 0 Å². The molecule has 1 aromatic carbocycles. The van der Waals surface area contributed by atoms with Gasteiger partial charge in [-0.15, -0.1) is 0 Å². The van der Waals surface area contributed by atoms with E-state index in [-0.39, 0.29) is 0 Å². The van der Waals surface area contributed by atoms with E-state index in [1.54, 1.807) is 7.11 Å². The molecule has 1 saturated heterocycles. The van der Waals surface area contributed by atoms with E-state index >= 15 is 0 Å². The van der Waals surface area contributed by atoms with Gasteiger partial charge in [0.1, 0.15) is 5.75 Å². The van der Waals surface area contributed by atoms with Crippen LogP contribution in [-0.4, -0.2) is 38.2 Å². The molecule has 3 heteroatoms. The lowest BCUT2D eigenvalue weighted by Gasteiger charge is -2.37. The van der Waals surface area contributed by atoms with Crippen LogP contribution >= 0.6 is 0 Å². The number of piperidine rings is 1. The highest BCUT2D eigenvalue weighted by atomic mass is 16.5. The van der Waals surface area contributed by atoms with Crippen molar-refractivity contribution in [1.82, 2.24) is 4.90 Å². The van der Waals surface area contributed by atoms with E-state index in [9.17, 15) is 0 Å². The lowest BCUT2D eigenvalue weighted by atomic mass is 9.79. The van der Waals surface area contributed by atoms with Crippen molar-refractivity contribution in [2.45, 2.75) is 46.5 Å². The second kappa shape index (κ2) is 8.16. The quantitative estimate of drug-likeness (QED) is 0.869. The molecule has 3 nitrogen and oxygen atoms in total. The van der Waals surface area contributed by atoms with E-state index in [0.717, 1.165) is 11.7 Å². The molecule has 1 atom stereocenters. The smallest absolute Gasteiger partial charge is 0.122 e. The maximum absolute atomic E-state index is 6.19. The van der Waals surface area contributed by atoms with E-state index in [1.807, 2.05) is 0 Å². The molecule has 0 aromatic heterocycles. The minimum absolute atomic E-state index is 0.408. The van der Waals surface area contributed by atoms with E-state index in [1.165, 1.54) is 49.2 Å². The molecule has 1 aliphatic rings. The molecule has 1 aliphatic heterocycles. The summed E-state index contributed by atoms with van der Waals surface area (Å²) in [7, 11) is 1.77. The molecule has 23 heavy (non-hydrogen) atoms. The molecule has 0 bridgehead atoms. The fraction of sp³-hybridized carbons (Fsp3) is 0.700. The van der Waals surface area contributed by atoms with Crippen LogP contribution in [0.15, 0.2) is 12.1 Å². The van der Waals surface area contributed by atoms with Crippen molar-refractivity contribution in [3.05, 3.63) is 28.8 Å². The van der Waals surface area contributed by atoms with Gasteiger partial charge in [0.25, 0.3) is 0 Å². The van der Waals surface area contributed by atoms with Crippen LogP contribution in [-0.2, 0) is 0 Å². The first-order valence-corrected chi connectivity index (χ1v) is 9.03. The summed E-state index contributed by atoms with van der Waals surface area (Å²) in [5, 5.41) is 0. The zero-order valence-electron chi connectivity index (χ0n) is 15.6. The van der Waals surface area contributed by atoms with Crippen molar-refractivity contribution in [1.29, 1.82) is 0 Å². The zero-order chi connectivity index (χ0) is 17.0. The largest absolute Gasteiger partial charge is 0.496 e. The molecule has 130 valence electrons. The Bertz CT molecular complexity index is 505. The predicted molar refractivity (Wildman–Crippen MR) is 98.3 cm³/mol. The van der Waals surface area contributed by atoms with E-state index in [4.69, 9.17) is 10.5 Å². The monoisotopic (exact) mass is 318 g/mol. The number of rotatable bonds is 6. The summed E-state index contributed by atoms with van der Waals surface area (Å²) in [5.41, 5.74) is 10.1. The third-order valence-corrected chi connectivity index (χ3v) is 5.32. The number of nitrogens with zero attached hydrogens (tertiary/aromatic N) is 1. The van der Waals surface area contributed by atoms with Gasteiger partial charge in [0, 0.05) is 12.5 Å². The van der Waals surface area contributed by atoms with Crippen molar-refractivity contribution < 1.29 is 4.74 Å². The zero-order valence-corrected chi connectivity index (χ0v) is 15.6. The highest BCUT2D eigenvalue weighted by Gasteiger charge is 2.29. The van der Waals surface area contributed by atoms with Crippen molar-refractivity contribution >= 4 is 0 Å². The number of benzene rings is 1. The van der Waals surface area contributed by atoms with E-state index < -0.39 is 0 Å². The van der Waals surface area contributed by atoms with Gasteiger partial charge in [-0.1, -0.05) is 19.9 Å². The molecule has 0 aliphatic carbocycles. The van der Waals surface area contributed by atoms with Crippen LogP contribution in [0.25, 0.3) is 0 Å². The summed E-state index contributed by atoms with van der Waals surface area (Å²) in [6, 6.07) is 4.47. The molecule has 1 unspecified atom stereocenters. The Kier molecular flexibility index (Phi) is 6.49. The molecule has 1 aromatic rings. The van der Waals surface area contributed by atoms with Gasteiger partial charge in [0.2, 0.25) is 0 Å². The number of aryl methyl sites for hydroxylation is 2. The fourth-order valence-corrected chi connectivity index (χ4v) is 3.91. The predicted octanol–water partition coefficient (Wildman–Crippen LogP) is 3.72. The summed E-state index contributed by atoms with van der Waals surface area (Å²) in [6.07, 6.45) is 2.48. The third kappa shape index (κ3) is 4.48. The molecule has 2 N–H and O–H groups in total. The van der Waals surface area contributed by atoms with Crippen LogP contribution < -0.4 is 10.5 Å². The SMILES string of the molecule is COc1cc(C)c(C)cc1C(CN)C1CCN(CC(C)C)CC1. The van der Waals surface area contributed by atoms with Crippen molar-refractivity contribution in [2.24, 2.45) is 17.6 Å². The molecular weight excluding hydrogens is 284 g/mol. The molecule has 0 amide bonds. The molecule has 0 radical (unpaired) electrons. The van der Waals surface area contributed by atoms with Crippen LogP contribution in [0.3, 0.4) is 0 Å². The van der Waals surface area contributed by atoms with Gasteiger partial charge >= 0.3 is 0 Å². The molecule has 1 fully saturated rings. The topological polar surface area (TPSA) is 38.5 Å². The molecule has 2 rings (SSSR count). The number of nitrogens with two attached hydrogens (primary N) is 1. The fourth-order valence-electron chi connectivity index (χ4n) is 3.91. The third-order valence-electron chi connectivity index (χ3n) is 5.32. The lowest BCUT2D eigenvalue weighted by molar-refractivity contribution is 0.154. The minimum atomic E-state index is 0.408. The van der Waals surface area contributed by atoms with Crippen LogP contribution in [0.1, 0.15) is 49.3 Å². The number of likely N-dealkylation sites (tertiary alicyclic amines) is 1. The lowest BCUT2D eigenvalue weighted by Crippen LogP contribution is -2.38. The maximum Gasteiger partial charge on any atom is 0.122 e. The van der Waals surface area contributed by atoms with Crippen molar-refractivity contribution in [3.8, 4) is 5.75 Å². The van der Waals surface area contributed by atoms with Gasteiger partial charge in [0.15, 0.2) is 0 Å². The second-order valence-electron chi connectivity index (χ2n) is 7.55. The molecule has 0 spiro atoms. The Morgan fingerprint density at radius 2 is 1.78 bits per heavy atom. The van der Waals surface area contributed by atoms with Crippen molar-refractivity contribution in [2.75, 3.05) is 33.3 Å². The first kappa shape index (κ1) is 18.3. The summed E-state index contributed by atoms with van der Waals surface area (Å²) in [6.45, 7) is 13.2. The van der Waals surface area contributed by atoms with Gasteiger partial charge in [-0.05, 0) is 80.9 Å². The highest BCUT2D eigenvalue weighted by molar-refractivity contribution is 5.44. The summed E-state index contributed by atoms with van der Waals surface area (Å²) < 4.78 is 5.66. The summed E-state index contributed by atoms with van der Waals surface area (Å²) in [4.78, 5) is 2.60. The van der Waals surface area contributed by atoms with Gasteiger partial charge in [-0.2, -0.15) is 0 Å². The number of methoxy groups -OCH3 is 1. The average molecular weight is 319 g/mol. The Morgan fingerprint density at radius 3 is 2.30 bits per heavy atom. The van der Waals surface area contributed by atoms with Gasteiger partial charge in [-0.3, -0.25) is 0 Å². The normalized spacial score (nSPS) is 18.4. The standard InChI is InChI=1S/C20H34N2O/c1-14(2)13-22-8-6-17(7-9-22)19(12-21)18-10-15(3)16(4)11-20(18)23-5/h10-11,14,17,19H,6-9,12-13,21H2,1-5H3. The van der Waals surface area contributed by atoms with E-state index in [2.05, 4.69) is 44.7 Å². The van der Waals surface area contributed by atoms with Crippen molar-refractivity contribution in [3.63, 3.8) is 0 Å². The highest BCUT2D eigenvalue weighted by Crippen LogP contribution is 2.38. The first-order chi connectivity index (χ1) is 11.0. The summed E-state index contributed by atoms with van der Waals surface area (Å²) >= 11 is 0. The Labute approximate surface area is 142 Å². The van der Waals surface area contributed by atoms with Gasteiger partial charge < -0.3 is 15.4 Å². The first-order valence-electron chi connectivity index (χ1n) is 9.03. The summed E-state index contributed by atoms with van der Waals surface area (Å²) in [5.74, 6) is 2.83. The molecule has 0 saturated carbocycles. The molecule has 1 heterocycles. The van der Waals surface area contributed by atoms with Crippen LogP contribution in [0.4, 0.5) is 0 Å². The average Bonchev–Trinajstić information content (AvgIpc) is 2.52. The minimum Gasteiger partial charge on any atom is -0.496 e. The Hall–Kier alpha value is -1.06. The van der Waals surface area contributed by atoms with Crippen LogP contribution in [0.5, 0.6) is 5.75 Å². The van der Waals surface area contributed by atoms with Crippen LogP contribution in [0, 0.1) is 25.7 Å². The maximum atomic E-state index is 6.19. The molecular formula is C20H34N2O. The Morgan fingerprint density at radius 1 is 1.17 bits per heavy atom. The number of hydrogen-bond acceptors (Lipinski definition) is 3.